The number of carbonyl (C=O) groups is 1. The van der Waals surface area contributed by atoms with Crippen LogP contribution in [0.4, 0.5) is 4.39 Å². The highest BCUT2D eigenvalue weighted by Crippen LogP contribution is 2.24. The second-order valence-corrected chi connectivity index (χ2v) is 7.47. The fraction of sp³-hybridized carbons (Fsp3) is 0.125. The van der Waals surface area contributed by atoms with Gasteiger partial charge in [0.1, 0.15) is 23.3 Å². The molecule has 4 aromatic rings. The average molecular weight is 451 g/mol. The lowest BCUT2D eigenvalue weighted by atomic mass is 10.2. The molecule has 0 radical (unpaired) electrons. The topological polar surface area (TPSA) is 69.0 Å². The van der Waals surface area contributed by atoms with Gasteiger partial charge in [-0.25, -0.2) is 9.07 Å². The van der Waals surface area contributed by atoms with E-state index in [2.05, 4.69) is 15.4 Å². The van der Waals surface area contributed by atoms with Gasteiger partial charge in [-0.15, -0.1) is 0 Å². The summed E-state index contributed by atoms with van der Waals surface area (Å²) >= 11 is 6.41. The van der Waals surface area contributed by atoms with Crippen LogP contribution in [0.3, 0.4) is 0 Å². The lowest BCUT2D eigenvalue weighted by molar-refractivity contribution is 0.0950. The highest BCUT2D eigenvalue weighted by atomic mass is 35.5. The summed E-state index contributed by atoms with van der Waals surface area (Å²) in [7, 11) is 0. The molecule has 0 aliphatic carbocycles. The zero-order valence-electron chi connectivity index (χ0n) is 17.3. The molecule has 162 valence electrons. The number of hydrogen-bond donors (Lipinski definition) is 1. The zero-order valence-corrected chi connectivity index (χ0v) is 18.0. The third-order valence-corrected chi connectivity index (χ3v) is 5.16. The van der Waals surface area contributed by atoms with E-state index in [0.717, 1.165) is 16.9 Å². The predicted molar refractivity (Wildman–Crippen MR) is 119 cm³/mol. The molecule has 8 heteroatoms. The number of pyridine rings is 1. The number of aromatic nitrogens is 3. The number of hydrogen-bond acceptors (Lipinski definition) is 4. The predicted octanol–water partition coefficient (Wildman–Crippen LogP) is 4.88. The van der Waals surface area contributed by atoms with Crippen LogP contribution in [-0.4, -0.2) is 20.7 Å². The van der Waals surface area contributed by atoms with Crippen molar-refractivity contribution in [3.63, 3.8) is 0 Å². The molecule has 0 aliphatic rings. The number of rotatable bonds is 7. The van der Waals surface area contributed by atoms with Crippen LogP contribution in [0.2, 0.25) is 5.15 Å². The van der Waals surface area contributed by atoms with E-state index in [-0.39, 0.29) is 22.4 Å². The molecule has 1 N–H and O–H groups in total. The van der Waals surface area contributed by atoms with E-state index in [1.807, 2.05) is 36.4 Å². The molecule has 0 spiro atoms. The van der Waals surface area contributed by atoms with E-state index in [0.29, 0.717) is 24.5 Å². The Morgan fingerprint density at radius 1 is 1.09 bits per heavy atom. The summed E-state index contributed by atoms with van der Waals surface area (Å²) < 4.78 is 20.3. The molecule has 32 heavy (non-hydrogen) atoms. The number of amides is 1. The molecule has 0 aliphatic heterocycles. The monoisotopic (exact) mass is 450 g/mol. The fourth-order valence-electron chi connectivity index (χ4n) is 3.13. The summed E-state index contributed by atoms with van der Waals surface area (Å²) in [5.74, 6) is 0.0290. The van der Waals surface area contributed by atoms with Gasteiger partial charge in [-0.1, -0.05) is 29.8 Å². The highest BCUT2D eigenvalue weighted by molar-refractivity contribution is 6.33. The van der Waals surface area contributed by atoms with Gasteiger partial charge in [-0.2, -0.15) is 5.10 Å². The molecular weight excluding hydrogens is 431 g/mol. The van der Waals surface area contributed by atoms with Gasteiger partial charge in [0.25, 0.3) is 5.91 Å². The normalized spacial score (nSPS) is 10.7. The van der Waals surface area contributed by atoms with Crippen molar-refractivity contribution in [3.8, 4) is 11.4 Å². The zero-order chi connectivity index (χ0) is 22.5. The molecule has 2 aromatic heterocycles. The highest BCUT2D eigenvalue weighted by Gasteiger charge is 2.21. The third kappa shape index (κ3) is 4.95. The van der Waals surface area contributed by atoms with Crippen LogP contribution in [0, 0.1) is 12.7 Å². The molecule has 0 saturated heterocycles. The SMILES string of the molecule is Cc1nn(-c2ccc(F)cc2)c(Cl)c1C(=O)NCc1ccc(OCc2cccnc2)cc1. The van der Waals surface area contributed by atoms with Crippen LogP contribution < -0.4 is 10.1 Å². The first kappa shape index (κ1) is 21.5. The van der Waals surface area contributed by atoms with E-state index in [1.54, 1.807) is 31.5 Å². The standard InChI is InChI=1S/C24H20ClFN4O2/c1-16-22(23(25)30(29-16)20-8-6-19(26)7-9-20)24(31)28-14-17-4-10-21(11-5-17)32-15-18-3-2-12-27-13-18/h2-13H,14-15H2,1H3,(H,28,31). The molecule has 0 bridgehead atoms. The number of nitrogens with one attached hydrogen (secondary N) is 1. The van der Waals surface area contributed by atoms with Crippen molar-refractivity contribution in [2.75, 3.05) is 0 Å². The molecule has 4 rings (SSSR count). The van der Waals surface area contributed by atoms with Gasteiger partial charge >= 0.3 is 0 Å². The van der Waals surface area contributed by atoms with Crippen LogP contribution in [0.1, 0.15) is 27.2 Å². The smallest absolute Gasteiger partial charge is 0.256 e. The van der Waals surface area contributed by atoms with Crippen LogP contribution >= 0.6 is 11.6 Å². The minimum atomic E-state index is -0.361. The molecule has 0 unspecified atom stereocenters. The Morgan fingerprint density at radius 2 is 1.84 bits per heavy atom. The van der Waals surface area contributed by atoms with E-state index in [9.17, 15) is 9.18 Å². The summed E-state index contributed by atoms with van der Waals surface area (Å²) in [6.45, 7) is 2.45. The van der Waals surface area contributed by atoms with E-state index < -0.39 is 0 Å². The second-order valence-electron chi connectivity index (χ2n) is 7.12. The largest absolute Gasteiger partial charge is 0.489 e. The quantitative estimate of drug-likeness (QED) is 0.436. The molecule has 0 atom stereocenters. The Labute approximate surface area is 189 Å². The van der Waals surface area contributed by atoms with Crippen molar-refractivity contribution < 1.29 is 13.9 Å². The van der Waals surface area contributed by atoms with Gasteiger partial charge in [0.05, 0.1) is 16.9 Å². The summed E-state index contributed by atoms with van der Waals surface area (Å²) in [6.07, 6.45) is 3.48. The van der Waals surface area contributed by atoms with Gasteiger partial charge in [-0.05, 0) is 55.0 Å². The number of ether oxygens (including phenoxy) is 1. The first-order chi connectivity index (χ1) is 15.5. The molecular formula is C24H20ClFN4O2. The fourth-order valence-corrected chi connectivity index (χ4v) is 3.49. The van der Waals surface area contributed by atoms with Crippen molar-refractivity contribution in [2.24, 2.45) is 0 Å². The third-order valence-electron chi connectivity index (χ3n) is 4.81. The first-order valence-corrected chi connectivity index (χ1v) is 10.3. The van der Waals surface area contributed by atoms with E-state index in [4.69, 9.17) is 16.3 Å². The molecule has 2 heterocycles. The Hall–Kier alpha value is -3.71. The van der Waals surface area contributed by atoms with Crippen LogP contribution in [0.25, 0.3) is 5.69 Å². The number of halogens is 2. The van der Waals surface area contributed by atoms with Crippen LogP contribution in [0.15, 0.2) is 73.1 Å². The minimum absolute atomic E-state index is 0.172. The van der Waals surface area contributed by atoms with Crippen LogP contribution in [0.5, 0.6) is 5.75 Å². The summed E-state index contributed by atoms with van der Waals surface area (Å²) in [4.78, 5) is 16.8. The number of benzene rings is 2. The van der Waals surface area contributed by atoms with Crippen molar-refractivity contribution in [3.05, 3.63) is 106 Å². The van der Waals surface area contributed by atoms with Crippen molar-refractivity contribution in [1.82, 2.24) is 20.1 Å². The lowest BCUT2D eigenvalue weighted by Crippen LogP contribution is -2.23. The van der Waals surface area contributed by atoms with Gasteiger partial charge in [0.2, 0.25) is 0 Å². The van der Waals surface area contributed by atoms with Gasteiger partial charge in [0, 0.05) is 24.5 Å². The van der Waals surface area contributed by atoms with E-state index >= 15 is 0 Å². The summed E-state index contributed by atoms with van der Waals surface area (Å²) in [5.41, 5.74) is 3.23. The molecule has 0 saturated carbocycles. The second kappa shape index (κ2) is 9.62. The summed E-state index contributed by atoms with van der Waals surface area (Å²) in [6, 6.07) is 17.0. The maximum atomic E-state index is 13.2. The van der Waals surface area contributed by atoms with Gasteiger partial charge in [0.15, 0.2) is 0 Å². The van der Waals surface area contributed by atoms with Crippen molar-refractivity contribution in [1.29, 1.82) is 0 Å². The van der Waals surface area contributed by atoms with Gasteiger partial charge in [-0.3, -0.25) is 9.78 Å². The lowest BCUT2D eigenvalue weighted by Gasteiger charge is -2.08. The molecule has 2 aromatic carbocycles. The van der Waals surface area contributed by atoms with Gasteiger partial charge < -0.3 is 10.1 Å². The van der Waals surface area contributed by atoms with Crippen LogP contribution in [-0.2, 0) is 13.2 Å². The van der Waals surface area contributed by atoms with Crippen molar-refractivity contribution >= 4 is 17.5 Å². The Kier molecular flexibility index (Phi) is 6.47. The molecule has 1 amide bonds. The number of nitrogens with zero attached hydrogens (tertiary/aromatic N) is 3. The number of carbonyl (C=O) groups excluding carboxylic acids is 1. The maximum Gasteiger partial charge on any atom is 0.256 e. The molecule has 6 nitrogen and oxygen atoms in total. The number of aryl methyl sites for hydroxylation is 1. The first-order valence-electron chi connectivity index (χ1n) is 9.91. The maximum absolute atomic E-state index is 13.2. The Balaban J connectivity index is 1.38. The summed E-state index contributed by atoms with van der Waals surface area (Å²) in [5, 5.41) is 7.36. The molecule has 0 fully saturated rings. The van der Waals surface area contributed by atoms with Crippen molar-refractivity contribution in [2.45, 2.75) is 20.1 Å². The minimum Gasteiger partial charge on any atom is -0.489 e. The Morgan fingerprint density at radius 3 is 2.53 bits per heavy atom. The average Bonchev–Trinajstić information content (AvgIpc) is 3.12. The Bertz CT molecular complexity index is 1210. The van der Waals surface area contributed by atoms with E-state index in [1.165, 1.54) is 16.8 Å².